The Hall–Kier alpha value is -4.14. The van der Waals surface area contributed by atoms with Crippen LogP contribution in [0.15, 0.2) is 108 Å². The first-order chi connectivity index (χ1) is 19.9. The minimum atomic E-state index is -4.02. The Kier molecular flexibility index (Phi) is 9.01. The summed E-state index contributed by atoms with van der Waals surface area (Å²) in [4.78, 5) is 16.0. The third-order valence-electron chi connectivity index (χ3n) is 7.31. The number of amides is 1. The maximum Gasteiger partial charge on any atom is 0.264 e. The van der Waals surface area contributed by atoms with Crippen LogP contribution in [0.4, 0.5) is 5.69 Å². The van der Waals surface area contributed by atoms with Gasteiger partial charge in [-0.25, -0.2) is 8.42 Å². The average Bonchev–Trinajstić information content (AvgIpc) is 3.53. The molecule has 212 valence electrons. The number of rotatable bonds is 11. The molecule has 1 aliphatic rings. The van der Waals surface area contributed by atoms with Crippen LogP contribution in [0.5, 0.6) is 5.75 Å². The van der Waals surface area contributed by atoms with E-state index in [1.807, 2.05) is 42.5 Å². The highest BCUT2D eigenvalue weighted by molar-refractivity contribution is 7.92. The van der Waals surface area contributed by atoms with Crippen molar-refractivity contribution in [2.45, 2.75) is 37.4 Å². The average molecular weight is 570 g/mol. The predicted octanol–water partition coefficient (Wildman–Crippen LogP) is 5.62. The van der Waals surface area contributed by atoms with E-state index in [9.17, 15) is 13.2 Å². The van der Waals surface area contributed by atoms with E-state index in [4.69, 9.17) is 4.74 Å². The number of benzene rings is 4. The van der Waals surface area contributed by atoms with Gasteiger partial charge < -0.3 is 10.1 Å². The van der Waals surface area contributed by atoms with Crippen molar-refractivity contribution in [3.05, 3.63) is 125 Å². The van der Waals surface area contributed by atoms with Crippen molar-refractivity contribution in [2.24, 2.45) is 0 Å². The molecular weight excluding hydrogens is 534 g/mol. The summed E-state index contributed by atoms with van der Waals surface area (Å²) >= 11 is 0. The quantitative estimate of drug-likeness (QED) is 0.254. The van der Waals surface area contributed by atoms with E-state index in [2.05, 4.69) is 22.3 Å². The van der Waals surface area contributed by atoms with E-state index in [0.29, 0.717) is 18.0 Å². The van der Waals surface area contributed by atoms with Crippen LogP contribution in [0.2, 0.25) is 0 Å². The molecule has 0 atom stereocenters. The van der Waals surface area contributed by atoms with Gasteiger partial charge in [0.25, 0.3) is 15.9 Å². The van der Waals surface area contributed by atoms with Crippen LogP contribution in [0.3, 0.4) is 0 Å². The third kappa shape index (κ3) is 6.96. The van der Waals surface area contributed by atoms with Gasteiger partial charge in [-0.05, 0) is 79.0 Å². The molecule has 1 heterocycles. The predicted molar refractivity (Wildman–Crippen MR) is 161 cm³/mol. The van der Waals surface area contributed by atoms with Crippen molar-refractivity contribution in [1.82, 2.24) is 10.2 Å². The minimum absolute atomic E-state index is 0.0674. The summed E-state index contributed by atoms with van der Waals surface area (Å²) in [6.45, 7) is 3.64. The molecule has 1 fully saturated rings. The monoisotopic (exact) mass is 569 g/mol. The van der Waals surface area contributed by atoms with Crippen molar-refractivity contribution in [3.63, 3.8) is 0 Å². The summed E-state index contributed by atoms with van der Waals surface area (Å²) < 4.78 is 34.5. The number of sulfonamides is 1. The van der Waals surface area contributed by atoms with Crippen LogP contribution in [-0.2, 0) is 29.7 Å². The van der Waals surface area contributed by atoms with Crippen molar-refractivity contribution in [3.8, 4) is 5.75 Å². The Morgan fingerprint density at radius 3 is 2.12 bits per heavy atom. The van der Waals surface area contributed by atoms with E-state index in [1.165, 1.54) is 42.0 Å². The maximum absolute atomic E-state index is 14.0. The highest BCUT2D eigenvalue weighted by atomic mass is 32.2. The molecule has 1 aliphatic heterocycles. The zero-order valence-corrected chi connectivity index (χ0v) is 24.0. The Bertz CT molecular complexity index is 1550. The molecule has 1 amide bonds. The molecule has 4 aromatic rings. The van der Waals surface area contributed by atoms with Gasteiger partial charge in [-0.1, -0.05) is 66.7 Å². The van der Waals surface area contributed by atoms with Crippen LogP contribution in [0.1, 0.15) is 39.9 Å². The van der Waals surface area contributed by atoms with Gasteiger partial charge in [-0.2, -0.15) is 0 Å². The Morgan fingerprint density at radius 2 is 1.44 bits per heavy atom. The van der Waals surface area contributed by atoms with Crippen LogP contribution >= 0.6 is 0 Å². The lowest BCUT2D eigenvalue weighted by Crippen LogP contribution is -2.33. The van der Waals surface area contributed by atoms with Crippen molar-refractivity contribution < 1.29 is 17.9 Å². The Labute approximate surface area is 242 Å². The fraction of sp³-hybridized carbons (Fsp3) is 0.242. The maximum atomic E-state index is 14.0. The van der Waals surface area contributed by atoms with Gasteiger partial charge in [0.05, 0.1) is 29.8 Å². The number of hydrogen-bond donors (Lipinski definition) is 1. The van der Waals surface area contributed by atoms with E-state index in [0.717, 1.165) is 30.8 Å². The second kappa shape index (κ2) is 13.0. The molecule has 0 unspecified atom stereocenters. The first kappa shape index (κ1) is 28.4. The smallest absolute Gasteiger partial charge is 0.264 e. The van der Waals surface area contributed by atoms with Gasteiger partial charge in [0.1, 0.15) is 5.75 Å². The van der Waals surface area contributed by atoms with Crippen molar-refractivity contribution in [2.75, 3.05) is 24.5 Å². The van der Waals surface area contributed by atoms with Crippen molar-refractivity contribution >= 4 is 21.6 Å². The molecule has 8 heteroatoms. The number of nitrogens with one attached hydrogen (secondary N) is 1. The van der Waals surface area contributed by atoms with Crippen LogP contribution in [0.25, 0.3) is 0 Å². The summed E-state index contributed by atoms with van der Waals surface area (Å²) in [7, 11) is -2.49. The SMILES string of the molecule is COc1ccc(S(=O)(=O)N(Cc2ccccc2)c2ccccc2C(=O)NCc2ccc(CN3CCCC3)cc2)cc1. The lowest BCUT2D eigenvalue weighted by molar-refractivity contribution is 0.0951. The Balaban J connectivity index is 1.38. The molecule has 1 N–H and O–H groups in total. The van der Waals surface area contributed by atoms with E-state index >= 15 is 0 Å². The molecule has 0 bridgehead atoms. The number of likely N-dealkylation sites (tertiary alicyclic amines) is 1. The number of methoxy groups -OCH3 is 1. The molecule has 0 saturated carbocycles. The summed E-state index contributed by atoms with van der Waals surface area (Å²) in [5.41, 5.74) is 3.63. The summed E-state index contributed by atoms with van der Waals surface area (Å²) in [5, 5.41) is 2.99. The van der Waals surface area contributed by atoms with Gasteiger partial charge in [-0.15, -0.1) is 0 Å². The summed E-state index contributed by atoms with van der Waals surface area (Å²) in [6.07, 6.45) is 2.52. The number of hydrogen-bond acceptors (Lipinski definition) is 5. The standard InChI is InChI=1S/C33H35N3O4S/c1-40-29-17-19-30(20-18-29)41(38,39)36(25-27-9-3-2-4-10-27)32-12-6-5-11-31(32)33(37)34-23-26-13-15-28(16-14-26)24-35-21-7-8-22-35/h2-6,9-20H,7-8,21-25H2,1H3,(H,34,37). The molecule has 0 radical (unpaired) electrons. The van der Waals surface area contributed by atoms with E-state index in [-0.39, 0.29) is 22.9 Å². The highest BCUT2D eigenvalue weighted by Crippen LogP contribution is 2.30. The minimum Gasteiger partial charge on any atom is -0.497 e. The number of nitrogens with zero attached hydrogens (tertiary/aromatic N) is 2. The molecule has 4 aromatic carbocycles. The van der Waals surface area contributed by atoms with E-state index in [1.54, 1.807) is 36.4 Å². The van der Waals surface area contributed by atoms with Crippen LogP contribution < -0.4 is 14.4 Å². The number of anilines is 1. The number of para-hydroxylation sites is 1. The normalized spacial score (nSPS) is 13.6. The zero-order chi connectivity index (χ0) is 28.7. The van der Waals surface area contributed by atoms with Crippen LogP contribution in [0, 0.1) is 0 Å². The molecule has 0 aliphatic carbocycles. The summed E-state index contributed by atoms with van der Waals surface area (Å²) in [6, 6.07) is 30.7. The highest BCUT2D eigenvalue weighted by Gasteiger charge is 2.28. The lowest BCUT2D eigenvalue weighted by atomic mass is 10.1. The van der Waals surface area contributed by atoms with Crippen LogP contribution in [-0.4, -0.2) is 39.4 Å². The lowest BCUT2D eigenvalue weighted by Gasteiger charge is -2.26. The van der Waals surface area contributed by atoms with Gasteiger partial charge in [-0.3, -0.25) is 14.0 Å². The van der Waals surface area contributed by atoms with Crippen molar-refractivity contribution in [1.29, 1.82) is 0 Å². The Morgan fingerprint density at radius 1 is 0.805 bits per heavy atom. The van der Waals surface area contributed by atoms with Gasteiger partial charge in [0.2, 0.25) is 0 Å². The largest absolute Gasteiger partial charge is 0.497 e. The third-order valence-corrected chi connectivity index (χ3v) is 9.09. The second-order valence-electron chi connectivity index (χ2n) is 10.2. The number of ether oxygens (including phenoxy) is 1. The fourth-order valence-electron chi connectivity index (χ4n) is 5.05. The molecule has 1 saturated heterocycles. The second-order valence-corrected chi connectivity index (χ2v) is 12.0. The summed E-state index contributed by atoms with van der Waals surface area (Å²) in [5.74, 6) is 0.215. The fourth-order valence-corrected chi connectivity index (χ4v) is 6.52. The topological polar surface area (TPSA) is 79.0 Å². The molecule has 7 nitrogen and oxygen atoms in total. The first-order valence-electron chi connectivity index (χ1n) is 13.8. The van der Waals surface area contributed by atoms with Gasteiger partial charge in [0, 0.05) is 13.1 Å². The molecule has 0 spiro atoms. The number of carbonyl (C=O) groups excluding carboxylic acids is 1. The molecule has 0 aromatic heterocycles. The molecular formula is C33H35N3O4S. The zero-order valence-electron chi connectivity index (χ0n) is 23.2. The first-order valence-corrected chi connectivity index (χ1v) is 15.3. The van der Waals surface area contributed by atoms with Gasteiger partial charge >= 0.3 is 0 Å². The molecule has 5 rings (SSSR count). The van der Waals surface area contributed by atoms with Gasteiger partial charge in [0.15, 0.2) is 0 Å². The number of carbonyl (C=O) groups is 1. The molecule has 41 heavy (non-hydrogen) atoms. The van der Waals surface area contributed by atoms with E-state index < -0.39 is 10.0 Å².